The van der Waals surface area contributed by atoms with E-state index in [0.29, 0.717) is 13.1 Å². The monoisotopic (exact) mass is 146 g/mol. The first-order valence-electron chi connectivity index (χ1n) is 3.48. The Bertz CT molecular complexity index is 82.9. The summed E-state index contributed by atoms with van der Waals surface area (Å²) < 4.78 is 9.70. The Balaban J connectivity index is 3.07. The highest BCUT2D eigenvalue weighted by atomic mass is 16.6. The third-order valence-corrected chi connectivity index (χ3v) is 1.01. The van der Waals surface area contributed by atoms with Gasteiger partial charge in [0.05, 0.1) is 6.10 Å². The molecule has 60 valence electrons. The molecule has 0 aliphatic rings. The molecule has 0 heterocycles. The minimum Gasteiger partial charge on any atom is -0.465 e. The minimum atomic E-state index is 0.0187. The molecule has 0 amide bonds. The molecule has 0 aromatic heterocycles. The van der Waals surface area contributed by atoms with Crippen molar-refractivity contribution < 1.29 is 14.3 Å². The lowest BCUT2D eigenvalue weighted by atomic mass is 10.4. The van der Waals surface area contributed by atoms with Crippen LogP contribution in [0.15, 0.2) is 0 Å². The summed E-state index contributed by atoms with van der Waals surface area (Å²) in [5.74, 6) is 0. The van der Waals surface area contributed by atoms with Crippen molar-refractivity contribution in [1.82, 2.24) is 0 Å². The van der Waals surface area contributed by atoms with Gasteiger partial charge in [0.25, 0.3) is 6.47 Å². The van der Waals surface area contributed by atoms with E-state index in [1.54, 1.807) is 0 Å². The van der Waals surface area contributed by atoms with E-state index in [-0.39, 0.29) is 6.10 Å². The first kappa shape index (κ1) is 9.43. The maximum Gasteiger partial charge on any atom is 0.293 e. The highest BCUT2D eigenvalue weighted by Gasteiger charge is 1.99. The smallest absolute Gasteiger partial charge is 0.293 e. The van der Waals surface area contributed by atoms with E-state index < -0.39 is 0 Å². The van der Waals surface area contributed by atoms with Gasteiger partial charge in [0, 0.05) is 6.61 Å². The van der Waals surface area contributed by atoms with Gasteiger partial charge in [-0.05, 0) is 13.3 Å². The fourth-order valence-corrected chi connectivity index (χ4v) is 0.542. The van der Waals surface area contributed by atoms with Crippen LogP contribution in [0.5, 0.6) is 0 Å². The molecule has 0 radical (unpaired) electrons. The van der Waals surface area contributed by atoms with Crippen LogP contribution < -0.4 is 0 Å². The van der Waals surface area contributed by atoms with Crippen LogP contribution in [0.4, 0.5) is 0 Å². The predicted octanol–water partition coefficient (Wildman–Crippen LogP) is 0.974. The molecule has 0 fully saturated rings. The summed E-state index contributed by atoms with van der Waals surface area (Å²) in [5, 5.41) is 0. The molecule has 1 unspecified atom stereocenters. The molecule has 0 saturated carbocycles. The lowest BCUT2D eigenvalue weighted by molar-refractivity contribution is -0.132. The molecule has 3 heteroatoms. The van der Waals surface area contributed by atoms with Gasteiger partial charge in [0.15, 0.2) is 0 Å². The van der Waals surface area contributed by atoms with Gasteiger partial charge in [-0.2, -0.15) is 0 Å². The third-order valence-electron chi connectivity index (χ3n) is 1.01. The summed E-state index contributed by atoms with van der Waals surface area (Å²) >= 11 is 0. The third kappa shape index (κ3) is 5.56. The van der Waals surface area contributed by atoms with Crippen LogP contribution in [-0.4, -0.2) is 25.8 Å². The molecule has 0 aromatic rings. The zero-order valence-electron chi connectivity index (χ0n) is 6.50. The second-order valence-electron chi connectivity index (χ2n) is 2.11. The van der Waals surface area contributed by atoms with Crippen molar-refractivity contribution >= 4 is 6.47 Å². The average Bonchev–Trinajstić information content (AvgIpc) is 1.97. The van der Waals surface area contributed by atoms with E-state index in [1.807, 2.05) is 13.8 Å². The molecule has 0 saturated heterocycles. The average molecular weight is 146 g/mol. The van der Waals surface area contributed by atoms with E-state index in [9.17, 15) is 4.79 Å². The maximum absolute atomic E-state index is 9.71. The maximum atomic E-state index is 9.71. The zero-order chi connectivity index (χ0) is 7.82. The SMILES string of the molecule is CCCOC(C)COC=O. The quantitative estimate of drug-likeness (QED) is 0.524. The lowest BCUT2D eigenvalue weighted by Gasteiger charge is -2.09. The van der Waals surface area contributed by atoms with Gasteiger partial charge in [-0.15, -0.1) is 0 Å². The second-order valence-corrected chi connectivity index (χ2v) is 2.11. The number of hydrogen-bond acceptors (Lipinski definition) is 3. The predicted molar refractivity (Wildman–Crippen MR) is 37.7 cm³/mol. The van der Waals surface area contributed by atoms with Gasteiger partial charge in [0.2, 0.25) is 0 Å². The van der Waals surface area contributed by atoms with Crippen LogP contribution in [0, 0.1) is 0 Å². The number of carbonyl (C=O) groups is 1. The molecule has 0 aliphatic carbocycles. The van der Waals surface area contributed by atoms with Crippen LogP contribution >= 0.6 is 0 Å². The number of carbonyl (C=O) groups excluding carboxylic acids is 1. The van der Waals surface area contributed by atoms with Gasteiger partial charge in [-0.25, -0.2) is 0 Å². The Hall–Kier alpha value is -0.570. The van der Waals surface area contributed by atoms with E-state index in [4.69, 9.17) is 4.74 Å². The highest BCUT2D eigenvalue weighted by Crippen LogP contribution is 1.91. The molecular weight excluding hydrogens is 132 g/mol. The fraction of sp³-hybridized carbons (Fsp3) is 0.857. The summed E-state index contributed by atoms with van der Waals surface area (Å²) in [5.41, 5.74) is 0. The van der Waals surface area contributed by atoms with Crippen molar-refractivity contribution in [2.75, 3.05) is 13.2 Å². The minimum absolute atomic E-state index is 0.0187. The zero-order valence-corrected chi connectivity index (χ0v) is 6.50. The molecule has 3 nitrogen and oxygen atoms in total. The van der Waals surface area contributed by atoms with Crippen LogP contribution in [0.2, 0.25) is 0 Å². The van der Waals surface area contributed by atoms with Gasteiger partial charge in [0.1, 0.15) is 6.61 Å². The Kier molecular flexibility index (Phi) is 6.18. The number of hydrogen-bond donors (Lipinski definition) is 0. The van der Waals surface area contributed by atoms with Crippen molar-refractivity contribution in [2.24, 2.45) is 0 Å². The lowest BCUT2D eigenvalue weighted by Crippen LogP contribution is -2.15. The molecule has 0 rings (SSSR count). The van der Waals surface area contributed by atoms with Crippen molar-refractivity contribution in [3.05, 3.63) is 0 Å². The summed E-state index contributed by atoms with van der Waals surface area (Å²) in [6, 6.07) is 0. The van der Waals surface area contributed by atoms with Crippen molar-refractivity contribution in [3.63, 3.8) is 0 Å². The Morgan fingerprint density at radius 3 is 2.80 bits per heavy atom. The summed E-state index contributed by atoms with van der Waals surface area (Å²) in [7, 11) is 0. The Morgan fingerprint density at radius 2 is 2.30 bits per heavy atom. The molecular formula is C7H14O3. The molecule has 0 aliphatic heterocycles. The van der Waals surface area contributed by atoms with Crippen LogP contribution in [0.25, 0.3) is 0 Å². The van der Waals surface area contributed by atoms with E-state index >= 15 is 0 Å². The molecule has 0 aromatic carbocycles. The number of ether oxygens (including phenoxy) is 2. The van der Waals surface area contributed by atoms with Crippen molar-refractivity contribution in [2.45, 2.75) is 26.4 Å². The van der Waals surface area contributed by atoms with Crippen molar-refractivity contribution in [3.8, 4) is 0 Å². The van der Waals surface area contributed by atoms with Crippen LogP contribution in [-0.2, 0) is 14.3 Å². The number of rotatable bonds is 6. The van der Waals surface area contributed by atoms with E-state index in [2.05, 4.69) is 4.74 Å². The topological polar surface area (TPSA) is 35.5 Å². The first-order valence-corrected chi connectivity index (χ1v) is 3.48. The molecule has 0 bridgehead atoms. The van der Waals surface area contributed by atoms with Gasteiger partial charge >= 0.3 is 0 Å². The highest BCUT2D eigenvalue weighted by molar-refractivity contribution is 5.36. The normalized spacial score (nSPS) is 12.6. The van der Waals surface area contributed by atoms with Crippen LogP contribution in [0.1, 0.15) is 20.3 Å². The fourth-order valence-electron chi connectivity index (χ4n) is 0.542. The van der Waals surface area contributed by atoms with Crippen LogP contribution in [0.3, 0.4) is 0 Å². The second kappa shape index (κ2) is 6.55. The largest absolute Gasteiger partial charge is 0.465 e. The Labute approximate surface area is 61.3 Å². The van der Waals surface area contributed by atoms with E-state index in [0.717, 1.165) is 13.0 Å². The van der Waals surface area contributed by atoms with Gasteiger partial charge < -0.3 is 9.47 Å². The summed E-state index contributed by atoms with van der Waals surface area (Å²) in [6.45, 7) is 5.42. The van der Waals surface area contributed by atoms with Gasteiger partial charge in [-0.1, -0.05) is 6.92 Å². The molecule has 0 spiro atoms. The van der Waals surface area contributed by atoms with Crippen molar-refractivity contribution in [1.29, 1.82) is 0 Å². The Morgan fingerprint density at radius 1 is 1.60 bits per heavy atom. The summed E-state index contributed by atoms with van der Waals surface area (Å²) in [4.78, 5) is 9.71. The first-order chi connectivity index (χ1) is 4.81. The molecule has 0 N–H and O–H groups in total. The standard InChI is InChI=1S/C7H14O3/c1-3-4-10-7(2)5-9-6-8/h6-7H,3-5H2,1-2H3. The molecule has 1 atom stereocenters. The van der Waals surface area contributed by atoms with E-state index in [1.165, 1.54) is 0 Å². The summed E-state index contributed by atoms with van der Waals surface area (Å²) in [6.07, 6.45) is 1.01. The van der Waals surface area contributed by atoms with Gasteiger partial charge in [-0.3, -0.25) is 4.79 Å². The molecule has 10 heavy (non-hydrogen) atoms.